The van der Waals surface area contributed by atoms with Crippen LogP contribution in [0.3, 0.4) is 0 Å². The predicted molar refractivity (Wildman–Crippen MR) is 97.3 cm³/mol. The Morgan fingerprint density at radius 3 is 2.52 bits per heavy atom. The van der Waals surface area contributed by atoms with Crippen LogP contribution in [0.5, 0.6) is 5.75 Å². The molecule has 0 radical (unpaired) electrons. The number of nitrogens with one attached hydrogen (secondary N) is 2. The molecule has 0 saturated heterocycles. The first-order valence-electron chi connectivity index (χ1n) is 8.31. The summed E-state index contributed by atoms with van der Waals surface area (Å²) < 4.78 is 6.37. The third kappa shape index (κ3) is 4.43. The molecule has 2 amide bonds. The molecule has 27 heavy (non-hydrogen) atoms. The Labute approximate surface area is 156 Å². The van der Waals surface area contributed by atoms with Crippen LogP contribution in [0.25, 0.3) is 0 Å². The summed E-state index contributed by atoms with van der Waals surface area (Å²) in [5.41, 5.74) is 2.64. The lowest BCUT2D eigenvalue weighted by atomic mass is 10.1. The van der Waals surface area contributed by atoms with E-state index in [2.05, 4.69) is 20.5 Å². The molecular formula is C18H22N4O5. The number of aryl methyl sites for hydroxylation is 2. The second-order valence-corrected chi connectivity index (χ2v) is 5.83. The molecule has 9 heteroatoms. The Morgan fingerprint density at radius 2 is 1.93 bits per heavy atom. The van der Waals surface area contributed by atoms with Crippen LogP contribution in [0, 0.1) is 13.8 Å². The van der Waals surface area contributed by atoms with Gasteiger partial charge in [0.15, 0.2) is 0 Å². The van der Waals surface area contributed by atoms with Gasteiger partial charge in [0.05, 0.1) is 12.8 Å². The fraction of sp³-hybridized carbons (Fsp3) is 0.333. The quantitative estimate of drug-likeness (QED) is 0.411. The summed E-state index contributed by atoms with van der Waals surface area (Å²) in [6, 6.07) is 3.82. The zero-order valence-electron chi connectivity index (χ0n) is 15.6. The number of phenols is 1. The van der Waals surface area contributed by atoms with E-state index in [1.165, 1.54) is 25.3 Å². The fourth-order valence-electron chi connectivity index (χ4n) is 2.62. The maximum atomic E-state index is 12.1. The Morgan fingerprint density at radius 1 is 1.22 bits per heavy atom. The Bertz CT molecular complexity index is 888. The van der Waals surface area contributed by atoms with E-state index in [1.54, 1.807) is 0 Å². The lowest BCUT2D eigenvalue weighted by Crippen LogP contribution is -2.35. The number of carbonyl (C=O) groups excluding carboxylic acids is 3. The molecule has 0 saturated carbocycles. The third-order valence-electron chi connectivity index (χ3n) is 4.12. The van der Waals surface area contributed by atoms with Gasteiger partial charge in [0.1, 0.15) is 11.3 Å². The van der Waals surface area contributed by atoms with Crippen LogP contribution in [0.1, 0.15) is 34.2 Å². The van der Waals surface area contributed by atoms with E-state index in [9.17, 15) is 19.5 Å². The number of ether oxygens (including phenoxy) is 1. The number of rotatable bonds is 5. The molecule has 0 aliphatic rings. The van der Waals surface area contributed by atoms with E-state index in [1.807, 2.05) is 25.5 Å². The van der Waals surface area contributed by atoms with Crippen molar-refractivity contribution in [3.05, 3.63) is 40.7 Å². The molecule has 0 fully saturated rings. The zero-order valence-corrected chi connectivity index (χ0v) is 15.6. The molecule has 9 nitrogen and oxygen atoms in total. The highest BCUT2D eigenvalue weighted by Gasteiger charge is 2.18. The lowest BCUT2D eigenvalue weighted by Gasteiger charge is -2.09. The average molecular weight is 374 g/mol. The van der Waals surface area contributed by atoms with Gasteiger partial charge in [-0.3, -0.25) is 14.3 Å². The van der Waals surface area contributed by atoms with Crippen molar-refractivity contribution in [1.82, 2.24) is 15.1 Å². The van der Waals surface area contributed by atoms with Crippen LogP contribution in [-0.4, -0.2) is 39.8 Å². The van der Waals surface area contributed by atoms with Crippen molar-refractivity contribution >= 4 is 23.5 Å². The summed E-state index contributed by atoms with van der Waals surface area (Å²) in [4.78, 5) is 35.7. The van der Waals surface area contributed by atoms with Gasteiger partial charge in [0.2, 0.25) is 0 Å². The number of carbonyl (C=O) groups is 3. The Hall–Kier alpha value is -3.36. The number of nitrogens with zero attached hydrogens (tertiary/aromatic N) is 2. The molecule has 0 aliphatic carbocycles. The number of methoxy groups -OCH3 is 1. The number of hydrogen-bond acceptors (Lipinski definition) is 6. The van der Waals surface area contributed by atoms with Crippen molar-refractivity contribution in [2.45, 2.75) is 33.9 Å². The standard InChI is InChI=1S/C18H22N4O5/c1-5-22-11(3)14(10(2)21-22)9-19-16(24)17(25)20-12-6-7-15(23)13(8-12)18(26)27-4/h6-8,23H,5,9H2,1-4H3,(H,19,24)(H,20,25). The summed E-state index contributed by atoms with van der Waals surface area (Å²) in [6.45, 7) is 6.59. The third-order valence-corrected chi connectivity index (χ3v) is 4.12. The normalized spacial score (nSPS) is 10.4. The largest absolute Gasteiger partial charge is 0.507 e. The smallest absolute Gasteiger partial charge is 0.341 e. The first-order chi connectivity index (χ1) is 12.8. The summed E-state index contributed by atoms with van der Waals surface area (Å²) in [5.74, 6) is -2.77. The average Bonchev–Trinajstić information content (AvgIpc) is 2.93. The topological polar surface area (TPSA) is 123 Å². The van der Waals surface area contributed by atoms with Crippen molar-refractivity contribution in [2.24, 2.45) is 0 Å². The van der Waals surface area contributed by atoms with Crippen LogP contribution >= 0.6 is 0 Å². The number of esters is 1. The summed E-state index contributed by atoms with van der Waals surface area (Å²) in [5, 5.41) is 19.0. The fourth-order valence-corrected chi connectivity index (χ4v) is 2.62. The summed E-state index contributed by atoms with van der Waals surface area (Å²) >= 11 is 0. The monoisotopic (exact) mass is 374 g/mol. The maximum Gasteiger partial charge on any atom is 0.341 e. The van der Waals surface area contributed by atoms with Gasteiger partial charge in [-0.05, 0) is 39.0 Å². The molecule has 0 aliphatic heterocycles. The molecule has 1 aromatic carbocycles. The summed E-state index contributed by atoms with van der Waals surface area (Å²) in [7, 11) is 1.17. The SMILES string of the molecule is CCn1nc(C)c(CNC(=O)C(=O)Nc2ccc(O)c(C(=O)OC)c2)c1C. The lowest BCUT2D eigenvalue weighted by molar-refractivity contribution is -0.136. The van der Waals surface area contributed by atoms with Crippen LogP contribution in [0.15, 0.2) is 18.2 Å². The molecule has 1 aromatic heterocycles. The molecule has 144 valence electrons. The van der Waals surface area contributed by atoms with Gasteiger partial charge in [0.25, 0.3) is 0 Å². The second-order valence-electron chi connectivity index (χ2n) is 5.83. The van der Waals surface area contributed by atoms with E-state index in [4.69, 9.17) is 0 Å². The molecule has 0 unspecified atom stereocenters. The number of benzene rings is 1. The predicted octanol–water partition coefficient (Wildman–Crippen LogP) is 1.27. The first kappa shape index (κ1) is 20.0. The number of aromatic nitrogens is 2. The Kier molecular flexibility index (Phi) is 6.17. The maximum absolute atomic E-state index is 12.1. The number of hydrogen-bond donors (Lipinski definition) is 3. The molecule has 1 heterocycles. The van der Waals surface area contributed by atoms with E-state index in [0.29, 0.717) is 6.54 Å². The number of phenolic OH excluding ortho intramolecular Hbond substituents is 1. The van der Waals surface area contributed by atoms with Gasteiger partial charge in [-0.15, -0.1) is 0 Å². The highest BCUT2D eigenvalue weighted by molar-refractivity contribution is 6.39. The van der Waals surface area contributed by atoms with Gasteiger partial charge in [-0.25, -0.2) is 4.79 Å². The summed E-state index contributed by atoms with van der Waals surface area (Å²) in [6.07, 6.45) is 0. The molecule has 2 rings (SSSR count). The Balaban J connectivity index is 2.03. The molecule has 0 atom stereocenters. The minimum absolute atomic E-state index is 0.117. The van der Waals surface area contributed by atoms with Crippen LogP contribution < -0.4 is 10.6 Å². The van der Waals surface area contributed by atoms with Gasteiger partial charge < -0.3 is 20.5 Å². The zero-order chi connectivity index (χ0) is 20.1. The van der Waals surface area contributed by atoms with Crippen molar-refractivity contribution in [2.75, 3.05) is 12.4 Å². The number of amides is 2. The second kappa shape index (κ2) is 8.35. The molecule has 0 spiro atoms. The van der Waals surface area contributed by atoms with Gasteiger partial charge in [-0.2, -0.15) is 5.10 Å². The van der Waals surface area contributed by atoms with Crippen molar-refractivity contribution in [3.8, 4) is 5.75 Å². The van der Waals surface area contributed by atoms with Crippen molar-refractivity contribution in [3.63, 3.8) is 0 Å². The number of anilines is 1. The highest BCUT2D eigenvalue weighted by atomic mass is 16.5. The van der Waals surface area contributed by atoms with Crippen molar-refractivity contribution in [1.29, 1.82) is 0 Å². The number of aromatic hydroxyl groups is 1. The van der Waals surface area contributed by atoms with Gasteiger partial charge in [0, 0.05) is 30.0 Å². The van der Waals surface area contributed by atoms with E-state index in [-0.39, 0.29) is 23.5 Å². The van der Waals surface area contributed by atoms with Gasteiger partial charge >= 0.3 is 17.8 Å². The minimum atomic E-state index is -0.894. The van der Waals surface area contributed by atoms with Crippen LogP contribution in [0.2, 0.25) is 0 Å². The van der Waals surface area contributed by atoms with E-state index >= 15 is 0 Å². The van der Waals surface area contributed by atoms with E-state index < -0.39 is 17.8 Å². The van der Waals surface area contributed by atoms with E-state index in [0.717, 1.165) is 17.0 Å². The molecule has 2 aromatic rings. The highest BCUT2D eigenvalue weighted by Crippen LogP contribution is 2.22. The molecule has 0 bridgehead atoms. The van der Waals surface area contributed by atoms with Crippen LogP contribution in [-0.2, 0) is 27.4 Å². The minimum Gasteiger partial charge on any atom is -0.507 e. The van der Waals surface area contributed by atoms with Gasteiger partial charge in [-0.1, -0.05) is 0 Å². The molecular weight excluding hydrogens is 352 g/mol. The first-order valence-corrected chi connectivity index (χ1v) is 8.31. The van der Waals surface area contributed by atoms with Crippen LogP contribution in [0.4, 0.5) is 5.69 Å². The van der Waals surface area contributed by atoms with Crippen molar-refractivity contribution < 1.29 is 24.2 Å². The molecule has 3 N–H and O–H groups in total.